The van der Waals surface area contributed by atoms with E-state index in [9.17, 15) is 19.5 Å². The second-order valence-corrected chi connectivity index (χ2v) is 6.88. The molecular weight excluding hydrogens is 380 g/mol. The largest absolute Gasteiger partial charge is 0.479 e. The number of likely N-dealkylation sites (tertiary alicyclic amines) is 1. The Labute approximate surface area is 147 Å². The van der Waals surface area contributed by atoms with E-state index in [1.54, 1.807) is 24.3 Å². The first-order chi connectivity index (χ1) is 11.2. The van der Waals surface area contributed by atoms with Gasteiger partial charge in [0.1, 0.15) is 6.04 Å². The van der Waals surface area contributed by atoms with Gasteiger partial charge < -0.3 is 20.4 Å². The number of carbonyl (C=O) groups excluding carboxylic acids is 2. The zero-order valence-electron chi connectivity index (χ0n) is 13.2. The lowest BCUT2D eigenvalue weighted by atomic mass is 10.1. The van der Waals surface area contributed by atoms with E-state index in [4.69, 9.17) is 5.11 Å². The molecule has 2 amide bonds. The predicted molar refractivity (Wildman–Crippen MR) is 89.5 cm³/mol. The lowest BCUT2D eigenvalue weighted by molar-refractivity contribution is -0.156. The number of carbonyl (C=O) groups is 3. The molecule has 1 fully saturated rings. The Balaban J connectivity index is 2.04. The fraction of sp³-hybridized carbons (Fsp3) is 0.438. The van der Waals surface area contributed by atoms with Gasteiger partial charge in [0.2, 0.25) is 5.91 Å². The van der Waals surface area contributed by atoms with Gasteiger partial charge in [-0.25, -0.2) is 4.79 Å². The zero-order valence-corrected chi connectivity index (χ0v) is 14.7. The number of hydrogen-bond donors (Lipinski definition) is 3. The van der Waals surface area contributed by atoms with Gasteiger partial charge in [-0.15, -0.1) is 0 Å². The van der Waals surface area contributed by atoms with Gasteiger partial charge >= 0.3 is 5.97 Å². The predicted octanol–water partition coefficient (Wildman–Crippen LogP) is 1.01. The number of rotatable bonds is 5. The number of aliphatic carboxylic acids is 1. The summed E-state index contributed by atoms with van der Waals surface area (Å²) < 4.78 is 0.852. The van der Waals surface area contributed by atoms with Crippen LogP contribution in [0.15, 0.2) is 28.7 Å². The second-order valence-electron chi connectivity index (χ2n) is 5.96. The third kappa shape index (κ3) is 4.12. The highest BCUT2D eigenvalue weighted by Gasteiger charge is 2.36. The minimum atomic E-state index is -2.05. The van der Waals surface area contributed by atoms with Gasteiger partial charge in [0.25, 0.3) is 5.91 Å². The topological polar surface area (TPSA) is 107 Å². The van der Waals surface area contributed by atoms with Crippen molar-refractivity contribution in [2.75, 3.05) is 13.1 Å². The lowest BCUT2D eigenvalue weighted by Gasteiger charge is -2.25. The van der Waals surface area contributed by atoms with Crippen molar-refractivity contribution in [3.05, 3.63) is 34.3 Å². The Bertz CT molecular complexity index is 644. The molecule has 3 N–H and O–H groups in total. The van der Waals surface area contributed by atoms with E-state index in [1.165, 1.54) is 4.90 Å². The van der Waals surface area contributed by atoms with Crippen molar-refractivity contribution in [3.8, 4) is 0 Å². The van der Waals surface area contributed by atoms with Crippen molar-refractivity contribution in [2.24, 2.45) is 0 Å². The van der Waals surface area contributed by atoms with Gasteiger partial charge in [-0.2, -0.15) is 0 Å². The molecule has 24 heavy (non-hydrogen) atoms. The number of benzene rings is 1. The van der Waals surface area contributed by atoms with E-state index in [-0.39, 0.29) is 5.91 Å². The Kier molecular flexibility index (Phi) is 5.61. The second kappa shape index (κ2) is 7.31. The molecule has 1 heterocycles. The van der Waals surface area contributed by atoms with E-state index < -0.39 is 30.1 Å². The molecule has 1 saturated heterocycles. The number of carboxylic acid groups (broad SMARTS) is 1. The maximum Gasteiger partial charge on any atom is 0.337 e. The Morgan fingerprint density at radius 1 is 1.33 bits per heavy atom. The van der Waals surface area contributed by atoms with E-state index in [1.807, 2.05) is 0 Å². The smallest absolute Gasteiger partial charge is 0.337 e. The molecule has 1 aliphatic rings. The van der Waals surface area contributed by atoms with Crippen molar-refractivity contribution in [3.63, 3.8) is 0 Å². The summed E-state index contributed by atoms with van der Waals surface area (Å²) in [4.78, 5) is 37.2. The molecule has 0 spiro atoms. The minimum Gasteiger partial charge on any atom is -0.479 e. The van der Waals surface area contributed by atoms with Crippen LogP contribution in [0.3, 0.4) is 0 Å². The summed E-state index contributed by atoms with van der Waals surface area (Å²) in [6, 6.07) is 6.19. The van der Waals surface area contributed by atoms with Gasteiger partial charge in [0.15, 0.2) is 5.60 Å². The maximum absolute atomic E-state index is 12.6. The minimum absolute atomic E-state index is 0.245. The van der Waals surface area contributed by atoms with Gasteiger partial charge in [-0.1, -0.05) is 15.9 Å². The molecule has 130 valence electrons. The Hall–Kier alpha value is -1.93. The number of aliphatic hydroxyl groups is 1. The number of carboxylic acids is 1. The summed E-state index contributed by atoms with van der Waals surface area (Å²) in [6.07, 6.45) is 1.19. The molecule has 2 rings (SSSR count). The molecule has 2 atom stereocenters. The fourth-order valence-corrected chi connectivity index (χ4v) is 2.76. The van der Waals surface area contributed by atoms with Crippen LogP contribution in [-0.4, -0.2) is 57.6 Å². The van der Waals surface area contributed by atoms with Crippen molar-refractivity contribution in [1.82, 2.24) is 10.2 Å². The monoisotopic (exact) mass is 398 g/mol. The number of halogens is 1. The number of amides is 2. The molecule has 1 aromatic carbocycles. The van der Waals surface area contributed by atoms with Crippen LogP contribution in [0, 0.1) is 0 Å². The zero-order chi connectivity index (χ0) is 17.9. The first-order valence-electron chi connectivity index (χ1n) is 7.52. The van der Waals surface area contributed by atoms with E-state index >= 15 is 0 Å². The van der Waals surface area contributed by atoms with E-state index in [0.717, 1.165) is 11.4 Å². The highest BCUT2D eigenvalue weighted by Crippen LogP contribution is 2.21. The fourth-order valence-electron chi connectivity index (χ4n) is 2.49. The normalized spacial score (nSPS) is 19.6. The molecule has 0 aromatic heterocycles. The highest BCUT2D eigenvalue weighted by atomic mass is 79.9. The van der Waals surface area contributed by atoms with Crippen LogP contribution in [0.2, 0.25) is 0 Å². The molecule has 0 aliphatic carbocycles. The van der Waals surface area contributed by atoms with Crippen molar-refractivity contribution >= 4 is 33.7 Å². The molecular formula is C16H19BrN2O5. The van der Waals surface area contributed by atoms with E-state index in [2.05, 4.69) is 21.2 Å². The molecule has 0 radical (unpaired) electrons. The number of nitrogens with zero attached hydrogens (tertiary/aromatic N) is 1. The molecule has 7 nitrogen and oxygen atoms in total. The van der Waals surface area contributed by atoms with E-state index in [0.29, 0.717) is 24.9 Å². The summed E-state index contributed by atoms with van der Waals surface area (Å²) in [5.74, 6) is -2.12. The van der Waals surface area contributed by atoms with Gasteiger partial charge in [-0.05, 0) is 44.0 Å². The first-order valence-corrected chi connectivity index (χ1v) is 8.31. The quantitative estimate of drug-likeness (QED) is 0.685. The average molecular weight is 399 g/mol. The summed E-state index contributed by atoms with van der Waals surface area (Å²) in [7, 11) is 0. The van der Waals surface area contributed by atoms with Crippen LogP contribution >= 0.6 is 15.9 Å². The molecule has 1 aromatic rings. The van der Waals surface area contributed by atoms with Crippen molar-refractivity contribution < 1.29 is 24.6 Å². The van der Waals surface area contributed by atoms with Gasteiger partial charge in [0, 0.05) is 16.6 Å². The summed E-state index contributed by atoms with van der Waals surface area (Å²) >= 11 is 3.30. The third-order valence-electron chi connectivity index (χ3n) is 3.98. The summed E-state index contributed by atoms with van der Waals surface area (Å²) in [5.41, 5.74) is -1.56. The van der Waals surface area contributed by atoms with Crippen LogP contribution in [0.25, 0.3) is 0 Å². The first kappa shape index (κ1) is 18.4. The summed E-state index contributed by atoms with van der Waals surface area (Å²) in [6.45, 7) is 1.15. The molecule has 0 bridgehead atoms. The molecule has 2 unspecified atom stereocenters. The van der Waals surface area contributed by atoms with Crippen LogP contribution in [0.5, 0.6) is 0 Å². The number of nitrogens with one attached hydrogen (secondary N) is 1. The van der Waals surface area contributed by atoms with Crippen LogP contribution in [-0.2, 0) is 9.59 Å². The maximum atomic E-state index is 12.6. The SMILES string of the molecule is CC(O)(CNC(=O)C1CCCN1C(=O)c1ccc(Br)cc1)C(=O)O. The van der Waals surface area contributed by atoms with Crippen molar-refractivity contribution in [2.45, 2.75) is 31.4 Å². The van der Waals surface area contributed by atoms with Crippen LogP contribution in [0.1, 0.15) is 30.1 Å². The molecule has 0 saturated carbocycles. The van der Waals surface area contributed by atoms with Gasteiger partial charge in [-0.3, -0.25) is 9.59 Å². The lowest BCUT2D eigenvalue weighted by Crippen LogP contribution is -2.52. The Morgan fingerprint density at radius 2 is 1.96 bits per heavy atom. The third-order valence-corrected chi connectivity index (χ3v) is 4.50. The highest BCUT2D eigenvalue weighted by molar-refractivity contribution is 9.10. The summed E-state index contributed by atoms with van der Waals surface area (Å²) in [5, 5.41) is 20.9. The standard InChI is InChI=1S/C16H19BrN2O5/c1-16(24,15(22)23)9-18-13(20)12-3-2-8-19(12)14(21)10-4-6-11(17)7-5-10/h4-7,12,24H,2-3,8-9H2,1H3,(H,18,20)(H,22,23). The van der Waals surface area contributed by atoms with Crippen molar-refractivity contribution in [1.29, 1.82) is 0 Å². The number of hydrogen-bond acceptors (Lipinski definition) is 4. The Morgan fingerprint density at radius 3 is 2.54 bits per heavy atom. The van der Waals surface area contributed by atoms with Crippen LogP contribution in [0.4, 0.5) is 0 Å². The van der Waals surface area contributed by atoms with Gasteiger partial charge in [0.05, 0.1) is 6.54 Å². The average Bonchev–Trinajstić information content (AvgIpc) is 3.02. The molecule has 8 heteroatoms. The van der Waals surface area contributed by atoms with Crippen LogP contribution < -0.4 is 5.32 Å². The molecule has 1 aliphatic heterocycles.